The van der Waals surface area contributed by atoms with Gasteiger partial charge in [-0.2, -0.15) is 0 Å². The summed E-state index contributed by atoms with van der Waals surface area (Å²) >= 11 is 0. The number of ketones is 1. The predicted molar refractivity (Wildman–Crippen MR) is 204 cm³/mol. The van der Waals surface area contributed by atoms with Crippen molar-refractivity contribution in [3.05, 3.63) is 0 Å². The molecular weight excluding hydrogens is 850 g/mol. The molecule has 2 atom stereocenters. The molecule has 0 aliphatic rings. The molecule has 2 unspecified atom stereocenters. The third-order valence-corrected chi connectivity index (χ3v) is 10.5. The van der Waals surface area contributed by atoms with Crippen molar-refractivity contribution in [1.82, 2.24) is 0 Å². The van der Waals surface area contributed by atoms with Gasteiger partial charge >= 0.3 is 57.3 Å². The highest BCUT2D eigenvalue weighted by Gasteiger charge is 2.36. The number of rotatable bonds is 26. The zero-order chi connectivity index (χ0) is 47.1. The van der Waals surface area contributed by atoms with Crippen LogP contribution in [0.4, 0.5) is 9.59 Å². The maximum Gasteiger partial charge on any atom is 0.510 e. The van der Waals surface area contributed by atoms with E-state index in [1.807, 2.05) is 0 Å². The summed E-state index contributed by atoms with van der Waals surface area (Å²) in [6, 6.07) is 0. The maximum absolute atomic E-state index is 13.1. The average molecular weight is 911 g/mol. The number of ether oxygens (including phenoxy) is 6. The first-order chi connectivity index (χ1) is 27.3. The lowest BCUT2D eigenvalue weighted by molar-refractivity contribution is -0.162. The van der Waals surface area contributed by atoms with Crippen LogP contribution in [-0.4, -0.2) is 115 Å². The summed E-state index contributed by atoms with van der Waals surface area (Å²) in [5, 5.41) is 27.3. The molecule has 0 rings (SSSR count). The zero-order valence-electron chi connectivity index (χ0n) is 35.8. The van der Waals surface area contributed by atoms with Gasteiger partial charge in [-0.15, -0.1) is 0 Å². The highest BCUT2D eigenvalue weighted by Crippen LogP contribution is 2.51. The van der Waals surface area contributed by atoms with Crippen LogP contribution in [-0.2, 0) is 84.4 Å². The Morgan fingerprint density at radius 2 is 0.817 bits per heavy atom. The van der Waals surface area contributed by atoms with Gasteiger partial charge in [0.15, 0.2) is 0 Å². The molecule has 348 valence electrons. The van der Waals surface area contributed by atoms with Crippen molar-refractivity contribution < 1.29 is 109 Å². The molecule has 0 amide bonds. The van der Waals surface area contributed by atoms with Gasteiger partial charge in [-0.1, -0.05) is 0 Å². The Labute approximate surface area is 348 Å². The second-order valence-corrected chi connectivity index (χ2v) is 19.5. The number of esters is 2. The Bertz CT molecular complexity index is 1460. The van der Waals surface area contributed by atoms with Crippen LogP contribution >= 0.6 is 15.2 Å². The highest BCUT2D eigenvalue weighted by atomic mass is 31.2. The maximum atomic E-state index is 13.1. The fourth-order valence-corrected chi connectivity index (χ4v) is 6.78. The largest absolute Gasteiger partial charge is 0.510 e. The van der Waals surface area contributed by atoms with E-state index in [-0.39, 0.29) is 25.0 Å². The minimum atomic E-state index is -4.31. The monoisotopic (exact) mass is 910 g/mol. The molecular formula is C35H60O23P2. The predicted octanol–water partition coefficient (Wildman–Crippen LogP) is 6.19. The Hall–Kier alpha value is -4.14. The van der Waals surface area contributed by atoms with Gasteiger partial charge in [0, 0.05) is 12.8 Å². The Kier molecular flexibility index (Phi) is 26.7. The van der Waals surface area contributed by atoms with Crippen molar-refractivity contribution in [1.29, 1.82) is 0 Å². The molecule has 0 radical (unpaired) electrons. The van der Waals surface area contributed by atoms with Gasteiger partial charge in [0.05, 0.1) is 47.2 Å². The average Bonchev–Trinajstić information content (AvgIpc) is 3.06. The molecule has 60 heavy (non-hydrogen) atoms. The Morgan fingerprint density at radius 1 is 0.517 bits per heavy atom. The van der Waals surface area contributed by atoms with E-state index in [2.05, 4.69) is 18.9 Å². The van der Waals surface area contributed by atoms with E-state index in [1.165, 1.54) is 6.92 Å². The number of hydrogen-bond acceptors (Lipinski definition) is 20. The van der Waals surface area contributed by atoms with E-state index in [4.69, 9.17) is 32.7 Å². The molecule has 0 aliphatic carbocycles. The summed E-state index contributed by atoms with van der Waals surface area (Å²) in [6.45, 7) is 13.9. The topological polar surface area (TPSA) is 324 Å². The molecule has 3 N–H and O–H groups in total. The number of hydrogen-bond donors (Lipinski definition) is 3. The molecule has 23 nitrogen and oxygen atoms in total. The third kappa shape index (κ3) is 29.1. The number of aliphatic carboxylic acids is 3. The van der Waals surface area contributed by atoms with Gasteiger partial charge in [-0.25, -0.2) is 9.59 Å². The van der Waals surface area contributed by atoms with Gasteiger partial charge in [0.25, 0.3) is 0 Å². The standard InChI is InChI=1S/C19H33O10P.C16H27O13P/c1-13(20)8-9-14(15(21)22)10-30(25,28-11-26-16(23)18(2,3)4)29-12-27-17(24)19(5,6)7;1-10(2)28-15(21)24-8-26-30(23,27-9-25-16(22)29-11(3)4)7-12(14(19)20)5-6-13(17)18/h14H,8-12H2,1-7H3,(H,21,22);10-12H,5-9H2,1-4H3,(H,17,18)(H,19,20). The van der Waals surface area contributed by atoms with E-state index in [0.717, 1.165) is 0 Å². The smallest absolute Gasteiger partial charge is 0.481 e. The second-order valence-electron chi connectivity index (χ2n) is 15.3. The van der Waals surface area contributed by atoms with Crippen LogP contribution in [0.25, 0.3) is 0 Å². The Balaban J connectivity index is 0. The van der Waals surface area contributed by atoms with Crippen LogP contribution in [0.3, 0.4) is 0 Å². The first-order valence-corrected chi connectivity index (χ1v) is 21.7. The minimum absolute atomic E-state index is 0.0328. The van der Waals surface area contributed by atoms with Gasteiger partial charge in [-0.3, -0.25) is 51.2 Å². The molecule has 0 aromatic carbocycles. The van der Waals surface area contributed by atoms with Crippen LogP contribution in [0.2, 0.25) is 0 Å². The number of carbonyl (C=O) groups excluding carboxylic acids is 5. The molecule has 0 aliphatic heterocycles. The third-order valence-electron chi connectivity index (χ3n) is 6.76. The molecule has 0 saturated carbocycles. The van der Waals surface area contributed by atoms with Crippen molar-refractivity contribution >= 4 is 63.1 Å². The summed E-state index contributed by atoms with van der Waals surface area (Å²) < 4.78 is 74.2. The first kappa shape index (κ1) is 58.0. The molecule has 0 aromatic rings. The lowest BCUT2D eigenvalue weighted by atomic mass is 9.98. The fraction of sp³-hybridized carbons (Fsp3) is 0.771. The summed E-state index contributed by atoms with van der Waals surface area (Å²) in [5.74, 6) is -8.09. The van der Waals surface area contributed by atoms with Crippen LogP contribution in [0.1, 0.15) is 102 Å². The molecule has 0 saturated heterocycles. The van der Waals surface area contributed by atoms with E-state index in [1.54, 1.807) is 69.2 Å². The van der Waals surface area contributed by atoms with E-state index in [9.17, 15) is 57.7 Å². The van der Waals surface area contributed by atoms with Gasteiger partial charge in [0.2, 0.25) is 27.2 Å². The number of carbonyl (C=O) groups is 8. The summed E-state index contributed by atoms with van der Waals surface area (Å²) in [4.78, 5) is 91.1. The van der Waals surface area contributed by atoms with Crippen LogP contribution < -0.4 is 0 Å². The highest BCUT2D eigenvalue weighted by molar-refractivity contribution is 7.54. The van der Waals surface area contributed by atoms with Crippen LogP contribution in [0.15, 0.2) is 0 Å². The van der Waals surface area contributed by atoms with Crippen molar-refractivity contribution in [3.63, 3.8) is 0 Å². The SMILES string of the molecule is CC(=O)CCC(CP(=O)(OCOC(=O)C(C)(C)C)OCOC(=O)C(C)(C)C)C(=O)O.CC(C)OC(=O)OCOP(=O)(CC(CCC(=O)O)C(=O)O)OCOC(=O)OC(C)C. The summed E-state index contributed by atoms with van der Waals surface area (Å²) in [5.41, 5.74) is -1.66. The van der Waals surface area contributed by atoms with Crippen molar-refractivity contribution in [2.45, 2.75) is 114 Å². The summed E-state index contributed by atoms with van der Waals surface area (Å²) in [7, 11) is -8.46. The van der Waals surface area contributed by atoms with E-state index in [0.29, 0.717) is 0 Å². The van der Waals surface area contributed by atoms with Crippen molar-refractivity contribution in [2.24, 2.45) is 22.7 Å². The molecule has 0 spiro atoms. The minimum Gasteiger partial charge on any atom is -0.481 e. The van der Waals surface area contributed by atoms with E-state index < -0.39 is 138 Å². The number of carboxylic acid groups (broad SMARTS) is 3. The fourth-order valence-electron chi connectivity index (χ4n) is 3.60. The van der Waals surface area contributed by atoms with Crippen LogP contribution in [0.5, 0.6) is 0 Å². The number of Topliss-reactive ketones (excluding diaryl/α,β-unsaturated/α-hetero) is 1. The van der Waals surface area contributed by atoms with Gasteiger partial charge in [0.1, 0.15) is 5.78 Å². The van der Waals surface area contributed by atoms with Gasteiger partial charge < -0.3 is 48.5 Å². The number of carboxylic acids is 3. The molecule has 0 bridgehead atoms. The zero-order valence-corrected chi connectivity index (χ0v) is 37.6. The lowest BCUT2D eigenvalue weighted by Gasteiger charge is -2.23. The molecule has 0 aromatic heterocycles. The second kappa shape index (κ2) is 27.7. The Morgan fingerprint density at radius 3 is 1.07 bits per heavy atom. The quantitative estimate of drug-likeness (QED) is 0.0377. The van der Waals surface area contributed by atoms with Crippen molar-refractivity contribution in [2.75, 3.05) is 39.5 Å². The van der Waals surface area contributed by atoms with E-state index >= 15 is 0 Å². The lowest BCUT2D eigenvalue weighted by Crippen LogP contribution is -2.26. The molecule has 25 heteroatoms. The van der Waals surface area contributed by atoms with Crippen molar-refractivity contribution in [3.8, 4) is 0 Å². The molecule has 0 heterocycles. The first-order valence-electron chi connectivity index (χ1n) is 18.3. The molecule has 0 fully saturated rings. The normalized spacial score (nSPS) is 12.9. The van der Waals surface area contributed by atoms with Gasteiger partial charge in [-0.05, 0) is 89.0 Å². The summed E-state index contributed by atoms with van der Waals surface area (Å²) in [6.07, 6.45) is -5.58. The van der Waals surface area contributed by atoms with Crippen LogP contribution in [0, 0.1) is 22.7 Å².